The summed E-state index contributed by atoms with van der Waals surface area (Å²) in [6, 6.07) is 6.16. The van der Waals surface area contributed by atoms with E-state index >= 15 is 0 Å². The Labute approximate surface area is 153 Å². The van der Waals surface area contributed by atoms with Crippen LogP contribution < -0.4 is 0 Å². The molecule has 0 amide bonds. The molecule has 1 heterocycles. The number of nitro groups is 1. The summed E-state index contributed by atoms with van der Waals surface area (Å²) >= 11 is 6.30. The first kappa shape index (κ1) is 17.0. The Kier molecular flexibility index (Phi) is 5.33. The summed E-state index contributed by atoms with van der Waals surface area (Å²) in [5.74, 6) is 0. The van der Waals surface area contributed by atoms with Crippen LogP contribution in [0.2, 0.25) is 0 Å². The summed E-state index contributed by atoms with van der Waals surface area (Å²) in [4.78, 5) is 19.2. The van der Waals surface area contributed by atoms with Crippen molar-refractivity contribution in [3.8, 4) is 0 Å². The Morgan fingerprint density at radius 2 is 2.20 bits per heavy atom. The van der Waals surface area contributed by atoms with E-state index < -0.39 is 4.92 Å². The molecule has 0 saturated carbocycles. The number of benzene rings is 1. The third-order valence-corrected chi connectivity index (χ3v) is 4.63. The zero-order valence-electron chi connectivity index (χ0n) is 13.0. The quantitative estimate of drug-likeness (QED) is 0.243. The summed E-state index contributed by atoms with van der Waals surface area (Å²) in [6.45, 7) is 0. The lowest BCUT2D eigenvalue weighted by Crippen LogP contribution is -2.01. The molecule has 0 aliphatic heterocycles. The van der Waals surface area contributed by atoms with Crippen LogP contribution in [0.25, 0.3) is 5.57 Å². The Morgan fingerprint density at radius 3 is 2.84 bits per heavy atom. The number of allylic oxidation sites excluding steroid dienone is 6. The van der Waals surface area contributed by atoms with Gasteiger partial charge in [0.05, 0.1) is 27.9 Å². The van der Waals surface area contributed by atoms with Gasteiger partial charge in [0.1, 0.15) is 23.8 Å². The van der Waals surface area contributed by atoms with Gasteiger partial charge in [-0.1, -0.05) is 12.1 Å². The molecular weight excluding hydrogens is 354 g/mol. The van der Waals surface area contributed by atoms with Crippen LogP contribution in [0.15, 0.2) is 58.9 Å². The molecule has 2 aromatic rings. The standard InChI is InChI=1S/C18H12N3O2S2/c22-21(23)15-8-6-13(7-9-15)10-16(19-12-24)17-11-25-18(20-17)14-4-2-1-3-5-14/h2-9,11,16H,10H2/q+1/t16-/m0/s1. The molecule has 1 aromatic carbocycles. The van der Waals surface area contributed by atoms with E-state index in [4.69, 9.17) is 12.2 Å². The molecule has 0 fully saturated rings. The zero-order chi connectivity index (χ0) is 17.6. The molecule has 0 unspecified atom stereocenters. The van der Waals surface area contributed by atoms with Crippen LogP contribution in [-0.2, 0) is 6.42 Å². The second kappa shape index (κ2) is 7.83. The van der Waals surface area contributed by atoms with E-state index in [1.165, 1.54) is 23.5 Å². The van der Waals surface area contributed by atoms with Crippen LogP contribution in [-0.4, -0.2) is 15.1 Å². The lowest BCUT2D eigenvalue weighted by Gasteiger charge is -2.08. The molecule has 1 aliphatic rings. The third kappa shape index (κ3) is 4.18. The van der Waals surface area contributed by atoms with Gasteiger partial charge in [-0.15, -0.1) is 11.3 Å². The van der Waals surface area contributed by atoms with Gasteiger partial charge in [0.2, 0.25) is 0 Å². The largest absolute Gasteiger partial charge is 0.269 e. The molecule has 0 N–H and O–H groups in total. The van der Waals surface area contributed by atoms with Crippen LogP contribution in [0, 0.1) is 16.2 Å². The highest BCUT2D eigenvalue weighted by Gasteiger charge is 2.18. The van der Waals surface area contributed by atoms with Gasteiger partial charge in [0.15, 0.2) is 5.01 Å². The van der Waals surface area contributed by atoms with Gasteiger partial charge in [0, 0.05) is 30.0 Å². The van der Waals surface area contributed by atoms with Gasteiger partial charge >= 0.3 is 0 Å². The maximum atomic E-state index is 10.7. The van der Waals surface area contributed by atoms with E-state index in [-0.39, 0.29) is 11.7 Å². The van der Waals surface area contributed by atoms with E-state index in [1.807, 2.05) is 29.7 Å². The summed E-state index contributed by atoms with van der Waals surface area (Å²) in [7, 11) is 0. The maximum Gasteiger partial charge on any atom is 0.269 e. The first-order valence-electron chi connectivity index (χ1n) is 7.39. The Hall–Kier alpha value is -2.82. The highest BCUT2D eigenvalue weighted by Crippen LogP contribution is 2.28. The minimum absolute atomic E-state index is 0.0652. The lowest BCUT2D eigenvalue weighted by atomic mass is 10.0. The number of thiocarbonyl (C=S) groups is 1. The molecule has 3 rings (SSSR count). The second-order valence-electron chi connectivity index (χ2n) is 5.23. The van der Waals surface area contributed by atoms with Crippen LogP contribution in [0.3, 0.4) is 0 Å². The minimum Gasteiger partial charge on any atom is -0.258 e. The summed E-state index contributed by atoms with van der Waals surface area (Å²) in [6.07, 6.45) is 11.1. The van der Waals surface area contributed by atoms with E-state index in [9.17, 15) is 10.1 Å². The topological polar surface area (TPSA) is 68.4 Å². The number of thiazole rings is 1. The van der Waals surface area contributed by atoms with Crippen LogP contribution >= 0.6 is 23.6 Å². The van der Waals surface area contributed by atoms with Gasteiger partial charge in [-0.3, -0.25) is 10.1 Å². The average Bonchev–Trinajstić information content (AvgIpc) is 3.13. The smallest absolute Gasteiger partial charge is 0.258 e. The Balaban J connectivity index is 1.81. The number of isothiocyanates is 1. The molecule has 0 spiro atoms. The molecule has 25 heavy (non-hydrogen) atoms. The van der Waals surface area contributed by atoms with Crippen molar-refractivity contribution in [2.24, 2.45) is 4.99 Å². The monoisotopic (exact) mass is 366 g/mol. The highest BCUT2D eigenvalue weighted by atomic mass is 32.1. The molecule has 0 bridgehead atoms. The van der Waals surface area contributed by atoms with E-state index in [1.54, 1.807) is 12.1 Å². The molecule has 1 atom stereocenters. The molecule has 5 nitrogen and oxygen atoms in total. The molecule has 0 saturated heterocycles. The van der Waals surface area contributed by atoms with Crippen molar-refractivity contribution in [1.29, 1.82) is 0 Å². The van der Waals surface area contributed by atoms with Crippen LogP contribution in [0.5, 0.6) is 0 Å². The molecule has 122 valence electrons. The van der Waals surface area contributed by atoms with Crippen molar-refractivity contribution in [3.63, 3.8) is 0 Å². The summed E-state index contributed by atoms with van der Waals surface area (Å²) < 4.78 is 0. The molecule has 1 aliphatic carbocycles. The van der Waals surface area contributed by atoms with Crippen LogP contribution in [0.4, 0.5) is 5.69 Å². The van der Waals surface area contributed by atoms with E-state index in [0.29, 0.717) is 6.42 Å². The number of hydrogen-bond acceptors (Lipinski definition) is 6. The molecule has 7 heteroatoms. The van der Waals surface area contributed by atoms with Gasteiger partial charge in [0.25, 0.3) is 5.69 Å². The fourth-order valence-corrected chi connectivity index (χ4v) is 3.36. The Bertz CT molecular complexity index is 920. The van der Waals surface area contributed by atoms with Crippen LogP contribution in [0.1, 0.15) is 22.3 Å². The van der Waals surface area contributed by atoms with Crippen molar-refractivity contribution >= 4 is 40.0 Å². The highest BCUT2D eigenvalue weighted by molar-refractivity contribution is 7.78. The number of nitro benzene ring substituents is 1. The van der Waals surface area contributed by atoms with Gasteiger partial charge in [-0.2, -0.15) is 0 Å². The first-order valence-corrected chi connectivity index (χ1v) is 8.68. The lowest BCUT2D eigenvalue weighted by molar-refractivity contribution is -0.384. The first-order chi connectivity index (χ1) is 12.2. The number of rotatable bonds is 6. The zero-order valence-corrected chi connectivity index (χ0v) is 14.6. The van der Waals surface area contributed by atoms with Crippen molar-refractivity contribution in [2.75, 3.05) is 0 Å². The average molecular weight is 366 g/mol. The number of aliphatic imine (C=N–C) groups is 1. The fraction of sp³-hybridized carbons (Fsp3) is 0.111. The number of nitrogens with zero attached hydrogens (tertiary/aromatic N) is 3. The van der Waals surface area contributed by atoms with E-state index in [2.05, 4.69) is 21.2 Å². The van der Waals surface area contributed by atoms with Crippen molar-refractivity contribution < 1.29 is 4.92 Å². The molecular formula is C18H12N3O2S2+. The molecule has 1 aromatic heterocycles. The van der Waals surface area contributed by atoms with Gasteiger partial charge in [-0.05, 0) is 17.8 Å². The maximum absolute atomic E-state index is 10.7. The number of aromatic nitrogens is 1. The predicted molar refractivity (Wildman–Crippen MR) is 102 cm³/mol. The SMILES string of the molecule is O=[N+]([O-])c1ccc(C[C@H](N=C=S)c2csc(C3=CC=[C+]C=C3)n2)cc1. The normalized spacial score (nSPS) is 13.5. The summed E-state index contributed by atoms with van der Waals surface area (Å²) in [5, 5.41) is 16.0. The summed E-state index contributed by atoms with van der Waals surface area (Å²) in [5.41, 5.74) is 2.82. The van der Waals surface area contributed by atoms with Crippen molar-refractivity contribution in [3.05, 3.63) is 86.4 Å². The minimum atomic E-state index is -0.416. The number of hydrogen-bond donors (Lipinski definition) is 0. The van der Waals surface area contributed by atoms with Crippen molar-refractivity contribution in [1.82, 2.24) is 4.98 Å². The molecule has 0 radical (unpaired) electrons. The van der Waals surface area contributed by atoms with Gasteiger partial charge < -0.3 is 0 Å². The van der Waals surface area contributed by atoms with Crippen molar-refractivity contribution in [2.45, 2.75) is 12.5 Å². The van der Waals surface area contributed by atoms with E-state index in [0.717, 1.165) is 21.8 Å². The second-order valence-corrected chi connectivity index (χ2v) is 6.27. The number of non-ortho nitro benzene ring substituents is 1. The third-order valence-electron chi connectivity index (χ3n) is 3.61. The van der Waals surface area contributed by atoms with Gasteiger partial charge in [-0.25, -0.2) is 9.98 Å². The Morgan fingerprint density at radius 1 is 1.40 bits per heavy atom. The predicted octanol–water partition coefficient (Wildman–Crippen LogP) is 4.75. The fourth-order valence-electron chi connectivity index (χ4n) is 2.36.